The number of hydrogen-bond acceptors (Lipinski definition) is 5. The Bertz CT molecular complexity index is 772. The van der Waals surface area contributed by atoms with Crippen LogP contribution in [0.4, 0.5) is 0 Å². The van der Waals surface area contributed by atoms with Gasteiger partial charge in [0.25, 0.3) is 5.91 Å². The van der Waals surface area contributed by atoms with Gasteiger partial charge in [0.1, 0.15) is 5.02 Å². The van der Waals surface area contributed by atoms with Gasteiger partial charge in [-0.2, -0.15) is 0 Å². The first-order chi connectivity index (χ1) is 13.1. The van der Waals surface area contributed by atoms with Crippen LogP contribution in [0.25, 0.3) is 0 Å². The molecule has 0 N–H and O–H groups in total. The minimum absolute atomic E-state index is 0.0770. The minimum Gasteiger partial charge on any atom is -0.480 e. The molecule has 1 atom stereocenters. The van der Waals surface area contributed by atoms with Crippen LogP contribution in [0.1, 0.15) is 35.7 Å². The second kappa shape index (κ2) is 9.15. The van der Waals surface area contributed by atoms with Gasteiger partial charge in [0.05, 0.1) is 12.7 Å². The fourth-order valence-electron chi connectivity index (χ4n) is 3.58. The largest absolute Gasteiger partial charge is 0.480 e. The van der Waals surface area contributed by atoms with E-state index in [1.807, 2.05) is 17.0 Å². The van der Waals surface area contributed by atoms with Gasteiger partial charge in [-0.3, -0.25) is 14.7 Å². The van der Waals surface area contributed by atoms with E-state index in [0.717, 1.165) is 25.1 Å². The Morgan fingerprint density at radius 2 is 2.19 bits per heavy atom. The molecule has 2 aromatic rings. The van der Waals surface area contributed by atoms with Crippen LogP contribution in [0.5, 0.6) is 5.88 Å². The zero-order valence-corrected chi connectivity index (χ0v) is 16.5. The molecule has 1 aliphatic heterocycles. The van der Waals surface area contributed by atoms with Crippen molar-refractivity contribution in [2.45, 2.75) is 32.4 Å². The van der Waals surface area contributed by atoms with Gasteiger partial charge in [-0.25, -0.2) is 4.98 Å². The molecule has 1 fully saturated rings. The highest BCUT2D eigenvalue weighted by Gasteiger charge is 2.28. The van der Waals surface area contributed by atoms with E-state index in [1.54, 1.807) is 18.5 Å². The molecule has 0 aliphatic carbocycles. The zero-order chi connectivity index (χ0) is 19.2. The van der Waals surface area contributed by atoms with Crippen LogP contribution in [0.3, 0.4) is 0 Å². The van der Waals surface area contributed by atoms with Crippen LogP contribution in [-0.2, 0) is 6.54 Å². The summed E-state index contributed by atoms with van der Waals surface area (Å²) in [6.45, 7) is 5.46. The number of carbonyl (C=O) groups is 1. The molecular formula is C20H25ClN4O2. The number of nitrogens with zero attached hydrogens (tertiary/aromatic N) is 4. The summed E-state index contributed by atoms with van der Waals surface area (Å²) >= 11 is 6.18. The Morgan fingerprint density at radius 1 is 1.41 bits per heavy atom. The van der Waals surface area contributed by atoms with E-state index in [4.69, 9.17) is 16.3 Å². The van der Waals surface area contributed by atoms with Crippen LogP contribution in [-0.4, -0.2) is 58.5 Å². The van der Waals surface area contributed by atoms with Crippen LogP contribution < -0.4 is 4.74 Å². The van der Waals surface area contributed by atoms with Crippen molar-refractivity contribution >= 4 is 17.5 Å². The highest BCUT2D eigenvalue weighted by molar-refractivity contribution is 6.32. The summed E-state index contributed by atoms with van der Waals surface area (Å²) in [7, 11) is 1.50. The smallest absolute Gasteiger partial charge is 0.255 e. The molecule has 2 aromatic heterocycles. The number of aromatic nitrogens is 2. The highest BCUT2D eigenvalue weighted by Crippen LogP contribution is 2.24. The third-order valence-corrected chi connectivity index (χ3v) is 5.26. The molecule has 0 aromatic carbocycles. The first-order valence-electron chi connectivity index (χ1n) is 9.24. The third-order valence-electron chi connectivity index (χ3n) is 4.99. The first-order valence-corrected chi connectivity index (χ1v) is 9.62. The Kier molecular flexibility index (Phi) is 6.63. The Morgan fingerprint density at radius 3 is 2.85 bits per heavy atom. The summed E-state index contributed by atoms with van der Waals surface area (Å²) in [5.74, 6) is 0.244. The van der Waals surface area contributed by atoms with E-state index in [1.165, 1.54) is 19.7 Å². The quantitative estimate of drug-likeness (QED) is 0.728. The van der Waals surface area contributed by atoms with Gasteiger partial charge in [-0.05, 0) is 49.7 Å². The van der Waals surface area contributed by atoms with Crippen molar-refractivity contribution in [1.82, 2.24) is 19.8 Å². The maximum absolute atomic E-state index is 13.2. The number of carbonyl (C=O) groups excluding carboxylic acids is 1. The summed E-state index contributed by atoms with van der Waals surface area (Å²) in [4.78, 5) is 25.8. The van der Waals surface area contributed by atoms with Gasteiger partial charge in [0, 0.05) is 37.7 Å². The van der Waals surface area contributed by atoms with Gasteiger partial charge < -0.3 is 9.64 Å². The maximum atomic E-state index is 13.2. The topological polar surface area (TPSA) is 58.6 Å². The van der Waals surface area contributed by atoms with Crippen molar-refractivity contribution in [2.24, 2.45) is 0 Å². The fraction of sp³-hybridized carbons (Fsp3) is 0.450. The molecule has 144 valence electrons. The summed E-state index contributed by atoms with van der Waals surface area (Å²) in [5.41, 5.74) is 1.52. The van der Waals surface area contributed by atoms with Gasteiger partial charge in [0.15, 0.2) is 0 Å². The lowest BCUT2D eigenvalue weighted by Crippen LogP contribution is -2.42. The molecule has 0 bridgehead atoms. The first kappa shape index (κ1) is 19.6. The van der Waals surface area contributed by atoms with Crippen molar-refractivity contribution in [3.63, 3.8) is 0 Å². The number of rotatable bonds is 7. The SMILES string of the molecule is CCN1CCCC1CN(Cc1ccncc1)C(=O)c1cnc(OC)c(Cl)c1. The summed E-state index contributed by atoms with van der Waals surface area (Å²) in [6.07, 6.45) is 7.30. The number of halogens is 1. The summed E-state index contributed by atoms with van der Waals surface area (Å²) in [5, 5.41) is 0.336. The lowest BCUT2D eigenvalue weighted by molar-refractivity contribution is 0.0691. The van der Waals surface area contributed by atoms with E-state index in [9.17, 15) is 4.79 Å². The molecule has 0 saturated carbocycles. The number of hydrogen-bond donors (Lipinski definition) is 0. The standard InChI is InChI=1S/C20H25ClN4O2/c1-3-24-10-4-5-17(24)14-25(13-15-6-8-22-9-7-15)20(26)16-11-18(21)19(27-2)23-12-16/h6-9,11-12,17H,3-5,10,13-14H2,1-2H3. The monoisotopic (exact) mass is 388 g/mol. The van der Waals surface area contributed by atoms with E-state index >= 15 is 0 Å². The van der Waals surface area contributed by atoms with Crippen LogP contribution in [0, 0.1) is 0 Å². The van der Waals surface area contributed by atoms with Gasteiger partial charge in [-0.1, -0.05) is 18.5 Å². The lowest BCUT2D eigenvalue weighted by Gasteiger charge is -2.30. The Labute approximate surface area is 165 Å². The molecule has 3 heterocycles. The summed E-state index contributed by atoms with van der Waals surface area (Å²) < 4.78 is 5.09. The van der Waals surface area contributed by atoms with Crippen molar-refractivity contribution < 1.29 is 9.53 Å². The average Bonchev–Trinajstić information content (AvgIpc) is 3.15. The predicted molar refractivity (Wildman–Crippen MR) is 105 cm³/mol. The van der Waals surface area contributed by atoms with Crippen molar-refractivity contribution in [1.29, 1.82) is 0 Å². The maximum Gasteiger partial charge on any atom is 0.255 e. The highest BCUT2D eigenvalue weighted by atomic mass is 35.5. The molecule has 1 saturated heterocycles. The number of likely N-dealkylation sites (tertiary alicyclic amines) is 1. The molecule has 27 heavy (non-hydrogen) atoms. The fourth-order valence-corrected chi connectivity index (χ4v) is 3.82. The molecule has 1 aliphatic rings. The molecule has 6 nitrogen and oxygen atoms in total. The van der Waals surface area contributed by atoms with Gasteiger partial charge in [0.2, 0.25) is 5.88 Å². The van der Waals surface area contributed by atoms with Crippen molar-refractivity contribution in [2.75, 3.05) is 26.7 Å². The van der Waals surface area contributed by atoms with E-state index in [2.05, 4.69) is 21.8 Å². The number of pyridine rings is 2. The van der Waals surface area contributed by atoms with Crippen LogP contribution in [0.2, 0.25) is 5.02 Å². The minimum atomic E-state index is -0.0770. The van der Waals surface area contributed by atoms with Crippen LogP contribution >= 0.6 is 11.6 Å². The zero-order valence-electron chi connectivity index (χ0n) is 15.8. The van der Waals surface area contributed by atoms with E-state index < -0.39 is 0 Å². The number of amides is 1. The van der Waals surface area contributed by atoms with Gasteiger partial charge >= 0.3 is 0 Å². The lowest BCUT2D eigenvalue weighted by atomic mass is 10.1. The van der Waals surface area contributed by atoms with E-state index in [-0.39, 0.29) is 5.91 Å². The van der Waals surface area contributed by atoms with Crippen molar-refractivity contribution in [3.05, 3.63) is 52.9 Å². The normalized spacial score (nSPS) is 17.1. The van der Waals surface area contributed by atoms with Crippen molar-refractivity contribution in [3.8, 4) is 5.88 Å². The second-order valence-corrected chi connectivity index (χ2v) is 7.09. The van der Waals surface area contributed by atoms with Crippen LogP contribution in [0.15, 0.2) is 36.8 Å². The Balaban J connectivity index is 1.83. The molecule has 7 heteroatoms. The molecular weight excluding hydrogens is 364 g/mol. The molecule has 1 amide bonds. The third kappa shape index (κ3) is 4.76. The summed E-state index contributed by atoms with van der Waals surface area (Å²) in [6, 6.07) is 5.88. The molecule has 3 rings (SSSR count). The number of ether oxygens (including phenoxy) is 1. The van der Waals surface area contributed by atoms with E-state index in [0.29, 0.717) is 35.6 Å². The van der Waals surface area contributed by atoms with Gasteiger partial charge in [-0.15, -0.1) is 0 Å². The number of likely N-dealkylation sites (N-methyl/N-ethyl adjacent to an activating group) is 1. The Hall–Kier alpha value is -2.18. The molecule has 0 radical (unpaired) electrons. The molecule has 1 unspecified atom stereocenters. The number of methoxy groups -OCH3 is 1. The second-order valence-electron chi connectivity index (χ2n) is 6.68. The average molecular weight is 389 g/mol. The predicted octanol–water partition coefficient (Wildman–Crippen LogP) is 3.27. The molecule has 0 spiro atoms.